The van der Waals surface area contributed by atoms with Crippen molar-refractivity contribution in [3.63, 3.8) is 0 Å². The summed E-state index contributed by atoms with van der Waals surface area (Å²) in [4.78, 5) is 12.2. The number of carbonyl (C=O) groups excluding carboxylic acids is 1. The van der Waals surface area contributed by atoms with Gasteiger partial charge in [0.2, 0.25) is 0 Å². The molecule has 2 saturated carbocycles. The number of carbonyl (C=O) groups is 1. The standard InChI is InChI=1S/C16H20O/c17-16-11-14-9-5-4-8-13(14)10-15(16)12-6-2-1-3-7-12/h1-3,6-7,13-15H,4-5,8-11H2/t13-,14-,15+/m1/s1. The third-order valence-corrected chi connectivity index (χ3v) is 4.66. The number of fused-ring (bicyclic) bond motifs is 1. The molecule has 2 fully saturated rings. The second-order valence-corrected chi connectivity index (χ2v) is 5.67. The average Bonchev–Trinajstić information content (AvgIpc) is 2.39. The molecule has 0 N–H and O–H groups in total. The predicted molar refractivity (Wildman–Crippen MR) is 68.9 cm³/mol. The number of ketones is 1. The fraction of sp³-hybridized carbons (Fsp3) is 0.562. The van der Waals surface area contributed by atoms with E-state index in [-0.39, 0.29) is 5.92 Å². The van der Waals surface area contributed by atoms with Gasteiger partial charge in [0.15, 0.2) is 0 Å². The molecule has 2 aliphatic rings. The van der Waals surface area contributed by atoms with E-state index in [1.165, 1.54) is 31.2 Å². The van der Waals surface area contributed by atoms with Crippen LogP contribution in [0.5, 0.6) is 0 Å². The predicted octanol–water partition coefficient (Wildman–Crippen LogP) is 3.94. The van der Waals surface area contributed by atoms with Crippen molar-refractivity contribution in [2.24, 2.45) is 11.8 Å². The van der Waals surface area contributed by atoms with Crippen molar-refractivity contribution in [2.75, 3.05) is 0 Å². The summed E-state index contributed by atoms with van der Waals surface area (Å²) in [6, 6.07) is 10.4. The Labute approximate surface area is 103 Å². The monoisotopic (exact) mass is 228 g/mol. The highest BCUT2D eigenvalue weighted by atomic mass is 16.1. The van der Waals surface area contributed by atoms with Crippen LogP contribution >= 0.6 is 0 Å². The van der Waals surface area contributed by atoms with Gasteiger partial charge < -0.3 is 0 Å². The summed E-state index contributed by atoms with van der Waals surface area (Å²) >= 11 is 0. The summed E-state index contributed by atoms with van der Waals surface area (Å²) in [6.45, 7) is 0. The van der Waals surface area contributed by atoms with Gasteiger partial charge >= 0.3 is 0 Å². The lowest BCUT2D eigenvalue weighted by atomic mass is 9.66. The number of hydrogen-bond acceptors (Lipinski definition) is 1. The normalized spacial score (nSPS) is 33.2. The van der Waals surface area contributed by atoms with Gasteiger partial charge in [0.25, 0.3) is 0 Å². The zero-order valence-corrected chi connectivity index (χ0v) is 10.3. The minimum atomic E-state index is 0.190. The van der Waals surface area contributed by atoms with Crippen molar-refractivity contribution in [1.29, 1.82) is 0 Å². The highest BCUT2D eigenvalue weighted by Gasteiger charge is 2.37. The first-order valence-corrected chi connectivity index (χ1v) is 6.92. The van der Waals surface area contributed by atoms with E-state index in [4.69, 9.17) is 0 Å². The smallest absolute Gasteiger partial charge is 0.140 e. The summed E-state index contributed by atoms with van der Waals surface area (Å²) in [5.74, 6) is 2.19. The molecule has 2 aliphatic carbocycles. The number of hydrogen-bond donors (Lipinski definition) is 0. The van der Waals surface area contributed by atoms with Crippen LogP contribution in [0.4, 0.5) is 0 Å². The van der Waals surface area contributed by atoms with Crippen LogP contribution in [0.25, 0.3) is 0 Å². The Morgan fingerprint density at radius 3 is 2.41 bits per heavy atom. The zero-order chi connectivity index (χ0) is 11.7. The number of benzene rings is 1. The van der Waals surface area contributed by atoms with Crippen molar-refractivity contribution < 1.29 is 4.79 Å². The molecule has 0 heterocycles. The molecular weight excluding hydrogens is 208 g/mol. The first-order valence-electron chi connectivity index (χ1n) is 6.92. The summed E-state index contributed by atoms with van der Waals surface area (Å²) in [7, 11) is 0. The number of rotatable bonds is 1. The average molecular weight is 228 g/mol. The summed E-state index contributed by atoms with van der Waals surface area (Å²) in [5, 5.41) is 0. The quantitative estimate of drug-likeness (QED) is 0.711. The van der Waals surface area contributed by atoms with E-state index >= 15 is 0 Å². The Kier molecular flexibility index (Phi) is 3.00. The van der Waals surface area contributed by atoms with E-state index in [1.807, 2.05) is 6.07 Å². The first kappa shape index (κ1) is 11.0. The van der Waals surface area contributed by atoms with Gasteiger partial charge in [-0.15, -0.1) is 0 Å². The Balaban J connectivity index is 1.80. The van der Waals surface area contributed by atoms with E-state index in [2.05, 4.69) is 24.3 Å². The third kappa shape index (κ3) is 2.15. The molecule has 3 rings (SSSR count). The second kappa shape index (κ2) is 4.64. The largest absolute Gasteiger partial charge is 0.299 e. The molecule has 0 bridgehead atoms. The molecule has 0 unspecified atom stereocenters. The molecule has 17 heavy (non-hydrogen) atoms. The maximum absolute atomic E-state index is 12.2. The highest BCUT2D eigenvalue weighted by Crippen LogP contribution is 2.44. The molecule has 3 atom stereocenters. The SMILES string of the molecule is O=C1C[C@H]2CCCC[C@@H]2C[C@H]1c1ccccc1. The van der Waals surface area contributed by atoms with E-state index in [0.717, 1.165) is 18.8 Å². The maximum Gasteiger partial charge on any atom is 0.140 e. The molecule has 1 heteroatoms. The molecule has 1 aromatic carbocycles. The van der Waals surface area contributed by atoms with Gasteiger partial charge in [-0.3, -0.25) is 4.79 Å². The van der Waals surface area contributed by atoms with Crippen LogP contribution in [0.2, 0.25) is 0 Å². The zero-order valence-electron chi connectivity index (χ0n) is 10.3. The Bertz CT molecular complexity index is 395. The molecular formula is C16H20O. The molecule has 0 aromatic heterocycles. The maximum atomic E-state index is 12.2. The Hall–Kier alpha value is -1.11. The molecule has 0 spiro atoms. The van der Waals surface area contributed by atoms with Crippen molar-refractivity contribution >= 4 is 5.78 Å². The van der Waals surface area contributed by atoms with E-state index in [9.17, 15) is 4.79 Å². The lowest BCUT2D eigenvalue weighted by Gasteiger charge is -2.38. The van der Waals surface area contributed by atoms with Crippen LogP contribution in [-0.4, -0.2) is 5.78 Å². The van der Waals surface area contributed by atoms with Gasteiger partial charge in [-0.1, -0.05) is 49.6 Å². The van der Waals surface area contributed by atoms with Gasteiger partial charge in [-0.2, -0.15) is 0 Å². The summed E-state index contributed by atoms with van der Waals surface area (Å²) < 4.78 is 0. The van der Waals surface area contributed by atoms with Gasteiger partial charge in [0, 0.05) is 12.3 Å². The van der Waals surface area contributed by atoms with Crippen LogP contribution < -0.4 is 0 Å². The van der Waals surface area contributed by atoms with Crippen LogP contribution in [0, 0.1) is 11.8 Å². The minimum Gasteiger partial charge on any atom is -0.299 e. The van der Waals surface area contributed by atoms with E-state index in [1.54, 1.807) is 0 Å². The van der Waals surface area contributed by atoms with Gasteiger partial charge in [-0.25, -0.2) is 0 Å². The second-order valence-electron chi connectivity index (χ2n) is 5.67. The Morgan fingerprint density at radius 2 is 1.65 bits per heavy atom. The fourth-order valence-corrected chi connectivity index (χ4v) is 3.71. The molecule has 0 aliphatic heterocycles. The molecule has 0 amide bonds. The van der Waals surface area contributed by atoms with E-state index < -0.39 is 0 Å². The van der Waals surface area contributed by atoms with Crippen molar-refractivity contribution in [3.05, 3.63) is 35.9 Å². The van der Waals surface area contributed by atoms with Crippen molar-refractivity contribution in [3.8, 4) is 0 Å². The minimum absolute atomic E-state index is 0.190. The lowest BCUT2D eigenvalue weighted by Crippen LogP contribution is -2.32. The first-order chi connectivity index (χ1) is 8.34. The van der Waals surface area contributed by atoms with Gasteiger partial charge in [0.1, 0.15) is 5.78 Å². The molecule has 90 valence electrons. The highest BCUT2D eigenvalue weighted by molar-refractivity contribution is 5.86. The fourth-order valence-electron chi connectivity index (χ4n) is 3.71. The lowest BCUT2D eigenvalue weighted by molar-refractivity contribution is -0.125. The molecule has 0 saturated heterocycles. The van der Waals surface area contributed by atoms with Crippen LogP contribution in [0.1, 0.15) is 50.0 Å². The van der Waals surface area contributed by atoms with Crippen LogP contribution in [0.15, 0.2) is 30.3 Å². The van der Waals surface area contributed by atoms with Gasteiger partial charge in [0.05, 0.1) is 0 Å². The van der Waals surface area contributed by atoms with Crippen LogP contribution in [0.3, 0.4) is 0 Å². The number of Topliss-reactive ketones (excluding diaryl/α,β-unsaturated/α-hetero) is 1. The third-order valence-electron chi connectivity index (χ3n) is 4.66. The molecule has 0 radical (unpaired) electrons. The molecule has 1 nitrogen and oxygen atoms in total. The Morgan fingerprint density at radius 1 is 0.941 bits per heavy atom. The summed E-state index contributed by atoms with van der Waals surface area (Å²) in [6.07, 6.45) is 7.29. The van der Waals surface area contributed by atoms with Crippen molar-refractivity contribution in [1.82, 2.24) is 0 Å². The van der Waals surface area contributed by atoms with Crippen LogP contribution in [-0.2, 0) is 4.79 Å². The molecule has 1 aromatic rings. The van der Waals surface area contributed by atoms with Gasteiger partial charge in [-0.05, 0) is 30.2 Å². The topological polar surface area (TPSA) is 17.1 Å². The van der Waals surface area contributed by atoms with E-state index in [0.29, 0.717) is 11.7 Å². The summed E-state index contributed by atoms with van der Waals surface area (Å²) in [5.41, 5.74) is 1.24. The van der Waals surface area contributed by atoms with Crippen molar-refractivity contribution in [2.45, 2.75) is 44.4 Å².